The van der Waals surface area contributed by atoms with Crippen LogP contribution in [0.15, 0.2) is 0 Å². The van der Waals surface area contributed by atoms with Crippen LogP contribution in [0, 0.1) is 0 Å². The Morgan fingerprint density at radius 2 is 2.07 bits per heavy atom. The quantitative estimate of drug-likeness (QED) is 0.469. The van der Waals surface area contributed by atoms with Crippen LogP contribution in [0.25, 0.3) is 0 Å². The van der Waals surface area contributed by atoms with Crippen molar-refractivity contribution >= 4 is 11.7 Å². The Balaban J connectivity index is 3.45. The summed E-state index contributed by atoms with van der Waals surface area (Å²) in [6.45, 7) is 2.97. The lowest BCUT2D eigenvalue weighted by Crippen LogP contribution is -2.28. The van der Waals surface area contributed by atoms with E-state index in [0.717, 1.165) is 12.8 Å². The van der Waals surface area contributed by atoms with Crippen molar-refractivity contribution in [2.75, 3.05) is 20.3 Å². The van der Waals surface area contributed by atoms with Crippen molar-refractivity contribution in [1.29, 1.82) is 0 Å². The van der Waals surface area contributed by atoms with Crippen molar-refractivity contribution in [1.82, 2.24) is 5.32 Å². The lowest BCUT2D eigenvalue weighted by Gasteiger charge is -2.03. The predicted molar refractivity (Wildman–Crippen MR) is 54.0 cm³/mol. The molecule has 0 bridgehead atoms. The zero-order chi connectivity index (χ0) is 10.8. The summed E-state index contributed by atoms with van der Waals surface area (Å²) in [5.41, 5.74) is 0. The molecule has 4 heteroatoms. The second kappa shape index (κ2) is 8.69. The third-order valence-corrected chi connectivity index (χ3v) is 1.80. The molecule has 0 saturated heterocycles. The molecule has 0 saturated carbocycles. The maximum Gasteiger partial charge on any atom is 0.227 e. The molecule has 0 aromatic rings. The highest BCUT2D eigenvalue weighted by Gasteiger charge is 2.07. The number of ether oxygens (including phenoxy) is 1. The Bertz CT molecular complexity index is 180. The molecule has 0 aliphatic carbocycles. The Hall–Kier alpha value is -0.900. The fourth-order valence-corrected chi connectivity index (χ4v) is 0.996. The van der Waals surface area contributed by atoms with Crippen molar-refractivity contribution in [2.24, 2.45) is 0 Å². The molecule has 0 aromatic heterocycles. The maximum absolute atomic E-state index is 11.2. The van der Waals surface area contributed by atoms with E-state index in [-0.39, 0.29) is 18.1 Å². The normalized spacial score (nSPS) is 9.86. The Labute approximate surface area is 85.0 Å². The van der Waals surface area contributed by atoms with Crippen LogP contribution in [0.2, 0.25) is 0 Å². The van der Waals surface area contributed by atoms with Gasteiger partial charge in [0.1, 0.15) is 5.78 Å². The third-order valence-electron chi connectivity index (χ3n) is 1.80. The van der Waals surface area contributed by atoms with E-state index in [2.05, 4.69) is 5.32 Å². The first-order valence-corrected chi connectivity index (χ1v) is 4.98. The predicted octanol–water partition coefficient (Wildman–Crippen LogP) is 0.898. The van der Waals surface area contributed by atoms with Crippen LogP contribution >= 0.6 is 0 Å². The van der Waals surface area contributed by atoms with Gasteiger partial charge in [-0.3, -0.25) is 9.59 Å². The van der Waals surface area contributed by atoms with E-state index in [4.69, 9.17) is 4.74 Å². The molecule has 0 fully saturated rings. The van der Waals surface area contributed by atoms with Gasteiger partial charge in [-0.1, -0.05) is 13.3 Å². The Kier molecular flexibility index (Phi) is 8.13. The van der Waals surface area contributed by atoms with Crippen molar-refractivity contribution in [3.05, 3.63) is 0 Å². The van der Waals surface area contributed by atoms with Crippen LogP contribution in [0.5, 0.6) is 0 Å². The van der Waals surface area contributed by atoms with Crippen molar-refractivity contribution in [2.45, 2.75) is 32.6 Å². The summed E-state index contributed by atoms with van der Waals surface area (Å²) < 4.78 is 4.76. The van der Waals surface area contributed by atoms with Crippen LogP contribution < -0.4 is 5.32 Å². The highest BCUT2D eigenvalue weighted by atomic mass is 16.5. The summed E-state index contributed by atoms with van der Waals surface area (Å²) in [6, 6.07) is 0. The zero-order valence-electron chi connectivity index (χ0n) is 8.97. The number of ketones is 1. The van der Waals surface area contributed by atoms with E-state index in [1.165, 1.54) is 0 Å². The first-order chi connectivity index (χ1) is 6.70. The molecule has 0 atom stereocenters. The number of unbranched alkanes of at least 4 members (excludes halogenated alkanes) is 1. The molecule has 0 radical (unpaired) electrons. The summed E-state index contributed by atoms with van der Waals surface area (Å²) in [7, 11) is 1.57. The van der Waals surface area contributed by atoms with Crippen LogP contribution in [0.4, 0.5) is 0 Å². The van der Waals surface area contributed by atoms with Gasteiger partial charge < -0.3 is 10.1 Å². The molecule has 0 aromatic carbocycles. The first kappa shape index (κ1) is 13.1. The van der Waals surface area contributed by atoms with Gasteiger partial charge in [0, 0.05) is 20.1 Å². The van der Waals surface area contributed by atoms with Gasteiger partial charge >= 0.3 is 0 Å². The second-order valence-electron chi connectivity index (χ2n) is 3.16. The molecule has 14 heavy (non-hydrogen) atoms. The minimum atomic E-state index is -0.205. The monoisotopic (exact) mass is 201 g/mol. The lowest BCUT2D eigenvalue weighted by atomic mass is 10.1. The number of methoxy groups -OCH3 is 1. The van der Waals surface area contributed by atoms with Crippen LogP contribution in [-0.4, -0.2) is 32.0 Å². The standard InChI is InChI=1S/C10H19NO3/c1-3-4-5-9(12)8-10(13)11-6-7-14-2/h3-8H2,1-2H3,(H,11,13). The first-order valence-electron chi connectivity index (χ1n) is 4.98. The van der Waals surface area contributed by atoms with E-state index in [9.17, 15) is 9.59 Å². The SMILES string of the molecule is CCCCC(=O)CC(=O)NCCOC. The highest BCUT2D eigenvalue weighted by molar-refractivity contribution is 5.97. The van der Waals surface area contributed by atoms with Gasteiger partial charge in [-0.05, 0) is 6.42 Å². The Morgan fingerprint density at radius 3 is 2.64 bits per heavy atom. The van der Waals surface area contributed by atoms with Crippen molar-refractivity contribution < 1.29 is 14.3 Å². The molecule has 0 spiro atoms. The summed E-state index contributed by atoms with van der Waals surface area (Å²) in [6.07, 6.45) is 2.36. The van der Waals surface area contributed by atoms with E-state index in [1.807, 2.05) is 6.92 Å². The summed E-state index contributed by atoms with van der Waals surface area (Å²) in [4.78, 5) is 22.3. The molecule has 1 amide bonds. The fraction of sp³-hybridized carbons (Fsp3) is 0.800. The van der Waals surface area contributed by atoms with Gasteiger partial charge in [0.2, 0.25) is 5.91 Å². The largest absolute Gasteiger partial charge is 0.383 e. The highest BCUT2D eigenvalue weighted by Crippen LogP contribution is 1.98. The number of hydrogen-bond donors (Lipinski definition) is 1. The van der Waals surface area contributed by atoms with Gasteiger partial charge in [-0.25, -0.2) is 0 Å². The van der Waals surface area contributed by atoms with Crippen LogP contribution in [-0.2, 0) is 14.3 Å². The maximum atomic E-state index is 11.2. The van der Waals surface area contributed by atoms with E-state index >= 15 is 0 Å². The van der Waals surface area contributed by atoms with Crippen LogP contribution in [0.1, 0.15) is 32.6 Å². The fourth-order valence-electron chi connectivity index (χ4n) is 0.996. The number of amides is 1. The molecule has 0 heterocycles. The molecule has 82 valence electrons. The van der Waals surface area contributed by atoms with E-state index in [0.29, 0.717) is 19.6 Å². The average Bonchev–Trinajstić information content (AvgIpc) is 2.15. The molecule has 0 aliphatic rings. The minimum Gasteiger partial charge on any atom is -0.383 e. The molecule has 4 nitrogen and oxygen atoms in total. The lowest BCUT2D eigenvalue weighted by molar-refractivity contribution is -0.128. The van der Waals surface area contributed by atoms with Crippen molar-refractivity contribution in [3.63, 3.8) is 0 Å². The minimum absolute atomic E-state index is 0.00368. The summed E-state index contributed by atoms with van der Waals surface area (Å²) in [5.74, 6) is -0.190. The number of carbonyl (C=O) groups is 2. The summed E-state index contributed by atoms with van der Waals surface area (Å²) in [5, 5.41) is 2.61. The second-order valence-corrected chi connectivity index (χ2v) is 3.16. The van der Waals surface area contributed by atoms with Gasteiger partial charge in [0.25, 0.3) is 0 Å². The molecular weight excluding hydrogens is 182 g/mol. The number of nitrogens with one attached hydrogen (secondary N) is 1. The van der Waals surface area contributed by atoms with Crippen molar-refractivity contribution in [3.8, 4) is 0 Å². The topological polar surface area (TPSA) is 55.4 Å². The van der Waals surface area contributed by atoms with E-state index in [1.54, 1.807) is 7.11 Å². The molecule has 0 aliphatic heterocycles. The summed E-state index contributed by atoms with van der Waals surface area (Å²) >= 11 is 0. The van der Waals surface area contributed by atoms with Gasteiger partial charge in [-0.15, -0.1) is 0 Å². The molecule has 1 N–H and O–H groups in total. The smallest absolute Gasteiger partial charge is 0.227 e. The number of carbonyl (C=O) groups excluding carboxylic acids is 2. The average molecular weight is 201 g/mol. The zero-order valence-corrected chi connectivity index (χ0v) is 8.97. The van der Waals surface area contributed by atoms with Gasteiger partial charge in [0.15, 0.2) is 0 Å². The number of hydrogen-bond acceptors (Lipinski definition) is 3. The molecule has 0 unspecified atom stereocenters. The number of Topliss-reactive ketones (excluding diaryl/α,β-unsaturated/α-hetero) is 1. The van der Waals surface area contributed by atoms with Crippen LogP contribution in [0.3, 0.4) is 0 Å². The third kappa shape index (κ3) is 7.73. The molecular formula is C10H19NO3. The molecule has 0 rings (SSSR count). The Morgan fingerprint density at radius 1 is 1.36 bits per heavy atom. The van der Waals surface area contributed by atoms with E-state index < -0.39 is 0 Å². The van der Waals surface area contributed by atoms with Gasteiger partial charge in [0.05, 0.1) is 13.0 Å². The number of rotatable bonds is 8. The van der Waals surface area contributed by atoms with Gasteiger partial charge in [-0.2, -0.15) is 0 Å².